The maximum Gasteiger partial charge on any atom is 0.310 e. The van der Waals surface area contributed by atoms with Gasteiger partial charge in [0.2, 0.25) is 0 Å². The van der Waals surface area contributed by atoms with Crippen molar-refractivity contribution in [2.24, 2.45) is 5.92 Å². The number of benzene rings is 2. The average molecular weight is 378 g/mol. The molecule has 4 rings (SSSR count). The quantitative estimate of drug-likeness (QED) is 0.745. The Bertz CT molecular complexity index is 899. The van der Waals surface area contributed by atoms with E-state index in [1.54, 1.807) is 0 Å². The molecule has 2 aliphatic rings. The van der Waals surface area contributed by atoms with Gasteiger partial charge in [-0.3, -0.25) is 9.59 Å². The van der Waals surface area contributed by atoms with Crippen molar-refractivity contribution in [3.63, 3.8) is 0 Å². The number of hydrogen-bond acceptors (Lipinski definition) is 3. The first kappa shape index (κ1) is 18.7. The van der Waals surface area contributed by atoms with Crippen LogP contribution in [0.25, 0.3) is 0 Å². The molecule has 28 heavy (non-hydrogen) atoms. The lowest BCUT2D eigenvalue weighted by molar-refractivity contribution is -0.147. The molecule has 4 nitrogen and oxygen atoms in total. The van der Waals surface area contributed by atoms with Crippen LogP contribution in [0.2, 0.25) is 0 Å². The standard InChI is InChI=1S/C24H26O4/c1-24(13-3-6-21(24)23(26)27)28-20-11-7-16(8-12-20)14-22(25)19-10-9-17-4-2-5-18(17)15-19/h7-12,15,21H,2-6,13-14H2,1H3,(H,26,27). The van der Waals surface area contributed by atoms with Crippen molar-refractivity contribution in [1.82, 2.24) is 0 Å². The highest BCUT2D eigenvalue weighted by atomic mass is 16.5. The molecule has 2 unspecified atom stereocenters. The Morgan fingerprint density at radius 1 is 1.07 bits per heavy atom. The van der Waals surface area contributed by atoms with Crippen LogP contribution in [0.5, 0.6) is 5.75 Å². The van der Waals surface area contributed by atoms with Crippen LogP contribution in [0, 0.1) is 5.92 Å². The molecule has 2 aromatic rings. The van der Waals surface area contributed by atoms with Gasteiger partial charge >= 0.3 is 5.97 Å². The van der Waals surface area contributed by atoms with Crippen LogP contribution in [-0.4, -0.2) is 22.5 Å². The second kappa shape index (κ2) is 7.42. The second-order valence-corrected chi connectivity index (χ2v) is 8.28. The minimum atomic E-state index is -0.795. The number of Topliss-reactive ketones (excluding diaryl/α,β-unsaturated/α-hetero) is 1. The van der Waals surface area contributed by atoms with Crippen LogP contribution >= 0.6 is 0 Å². The van der Waals surface area contributed by atoms with Crippen LogP contribution in [0.3, 0.4) is 0 Å². The van der Waals surface area contributed by atoms with Gasteiger partial charge in [0.05, 0.1) is 5.92 Å². The van der Waals surface area contributed by atoms with Gasteiger partial charge in [0, 0.05) is 12.0 Å². The predicted molar refractivity (Wildman–Crippen MR) is 107 cm³/mol. The van der Waals surface area contributed by atoms with E-state index in [2.05, 4.69) is 12.1 Å². The van der Waals surface area contributed by atoms with E-state index in [9.17, 15) is 14.7 Å². The number of fused-ring (bicyclic) bond motifs is 1. The zero-order valence-electron chi connectivity index (χ0n) is 16.2. The van der Waals surface area contributed by atoms with Gasteiger partial charge in [-0.1, -0.05) is 24.3 Å². The summed E-state index contributed by atoms with van der Waals surface area (Å²) in [5.74, 6) is -0.494. The van der Waals surface area contributed by atoms with Crippen molar-refractivity contribution in [3.8, 4) is 5.75 Å². The first-order valence-corrected chi connectivity index (χ1v) is 10.1. The molecule has 146 valence electrons. The molecule has 0 saturated heterocycles. The van der Waals surface area contributed by atoms with Crippen molar-refractivity contribution >= 4 is 11.8 Å². The maximum absolute atomic E-state index is 12.7. The van der Waals surface area contributed by atoms with Gasteiger partial charge in [-0.15, -0.1) is 0 Å². The largest absolute Gasteiger partial charge is 0.487 e. The fraction of sp³-hybridized carbons (Fsp3) is 0.417. The van der Waals surface area contributed by atoms with Gasteiger partial charge in [0.1, 0.15) is 11.4 Å². The summed E-state index contributed by atoms with van der Waals surface area (Å²) in [5, 5.41) is 9.42. The highest BCUT2D eigenvalue weighted by Gasteiger charge is 2.45. The maximum atomic E-state index is 12.7. The van der Waals surface area contributed by atoms with E-state index in [4.69, 9.17) is 4.74 Å². The Morgan fingerprint density at radius 3 is 2.57 bits per heavy atom. The molecule has 0 heterocycles. The van der Waals surface area contributed by atoms with Gasteiger partial charge in [0.15, 0.2) is 5.78 Å². The van der Waals surface area contributed by atoms with E-state index in [1.807, 2.05) is 37.3 Å². The third kappa shape index (κ3) is 3.68. The third-order valence-electron chi connectivity index (χ3n) is 6.26. The first-order valence-electron chi connectivity index (χ1n) is 10.1. The molecule has 0 amide bonds. The number of carboxylic acids is 1. The molecule has 1 N–H and O–H groups in total. The zero-order valence-corrected chi connectivity index (χ0v) is 16.2. The van der Waals surface area contributed by atoms with Crippen molar-refractivity contribution in [1.29, 1.82) is 0 Å². The number of aryl methyl sites for hydroxylation is 2. The number of ether oxygens (including phenoxy) is 1. The number of rotatable bonds is 6. The Kier molecular flexibility index (Phi) is 4.96. The normalized spacial score (nSPS) is 23.4. The summed E-state index contributed by atoms with van der Waals surface area (Å²) in [6, 6.07) is 13.6. The number of carbonyl (C=O) groups is 2. The second-order valence-electron chi connectivity index (χ2n) is 8.28. The minimum Gasteiger partial charge on any atom is -0.487 e. The molecule has 2 aromatic carbocycles. The van der Waals surface area contributed by atoms with Crippen molar-refractivity contribution < 1.29 is 19.4 Å². The molecular weight excluding hydrogens is 352 g/mol. The Labute approximate surface area is 165 Å². The molecule has 0 radical (unpaired) electrons. The van der Waals surface area contributed by atoms with Gasteiger partial charge in [-0.05, 0) is 80.3 Å². The van der Waals surface area contributed by atoms with Crippen LogP contribution in [0.4, 0.5) is 0 Å². The number of carboxylic acid groups (broad SMARTS) is 1. The van der Waals surface area contributed by atoms with E-state index in [0.717, 1.165) is 36.8 Å². The van der Waals surface area contributed by atoms with Crippen LogP contribution < -0.4 is 4.74 Å². The molecule has 0 spiro atoms. The van der Waals surface area contributed by atoms with E-state index in [0.29, 0.717) is 18.6 Å². The molecule has 2 aliphatic carbocycles. The summed E-state index contributed by atoms with van der Waals surface area (Å²) in [6.07, 6.45) is 5.97. The Morgan fingerprint density at radius 2 is 1.82 bits per heavy atom. The van der Waals surface area contributed by atoms with Gasteiger partial charge < -0.3 is 9.84 Å². The molecule has 0 aromatic heterocycles. The number of ketones is 1. The molecule has 1 saturated carbocycles. The van der Waals surface area contributed by atoms with E-state index in [1.165, 1.54) is 17.5 Å². The summed E-state index contributed by atoms with van der Waals surface area (Å²) in [6.45, 7) is 1.88. The summed E-state index contributed by atoms with van der Waals surface area (Å²) < 4.78 is 6.07. The predicted octanol–water partition coefficient (Wildman–Crippen LogP) is 4.62. The highest BCUT2D eigenvalue weighted by Crippen LogP contribution is 2.39. The van der Waals surface area contributed by atoms with Gasteiger partial charge in [0.25, 0.3) is 0 Å². The third-order valence-corrected chi connectivity index (χ3v) is 6.26. The monoisotopic (exact) mass is 378 g/mol. The Balaban J connectivity index is 1.42. The van der Waals surface area contributed by atoms with E-state index >= 15 is 0 Å². The van der Waals surface area contributed by atoms with Crippen molar-refractivity contribution in [2.75, 3.05) is 0 Å². The minimum absolute atomic E-state index is 0.122. The smallest absolute Gasteiger partial charge is 0.310 e. The van der Waals surface area contributed by atoms with Gasteiger partial charge in [-0.2, -0.15) is 0 Å². The van der Waals surface area contributed by atoms with E-state index < -0.39 is 17.5 Å². The zero-order chi connectivity index (χ0) is 19.7. The fourth-order valence-electron chi connectivity index (χ4n) is 4.62. The van der Waals surface area contributed by atoms with Gasteiger partial charge in [-0.25, -0.2) is 0 Å². The molecule has 0 aliphatic heterocycles. The lowest BCUT2D eigenvalue weighted by Crippen LogP contribution is -2.40. The summed E-state index contributed by atoms with van der Waals surface area (Å²) in [4.78, 5) is 24.1. The molecule has 1 fully saturated rings. The Hall–Kier alpha value is -2.62. The topological polar surface area (TPSA) is 63.6 Å². The number of aliphatic carboxylic acids is 1. The fourth-order valence-corrected chi connectivity index (χ4v) is 4.62. The first-order chi connectivity index (χ1) is 13.4. The van der Waals surface area contributed by atoms with Crippen LogP contribution in [-0.2, 0) is 24.1 Å². The lowest BCUT2D eigenvalue weighted by Gasteiger charge is -2.30. The van der Waals surface area contributed by atoms with Crippen LogP contribution in [0.15, 0.2) is 42.5 Å². The lowest BCUT2D eigenvalue weighted by atomic mass is 9.92. The van der Waals surface area contributed by atoms with Crippen molar-refractivity contribution in [3.05, 3.63) is 64.7 Å². The highest BCUT2D eigenvalue weighted by molar-refractivity contribution is 5.97. The number of carbonyl (C=O) groups excluding carboxylic acids is 1. The molecule has 0 bridgehead atoms. The van der Waals surface area contributed by atoms with E-state index in [-0.39, 0.29) is 5.78 Å². The molecular formula is C24H26O4. The SMILES string of the molecule is CC1(Oc2ccc(CC(=O)c3ccc4c(c3)CCC4)cc2)CCCC1C(=O)O. The summed E-state index contributed by atoms with van der Waals surface area (Å²) >= 11 is 0. The van der Waals surface area contributed by atoms with Crippen LogP contribution in [0.1, 0.15) is 59.7 Å². The van der Waals surface area contributed by atoms with Crippen molar-refractivity contribution in [2.45, 2.75) is 57.5 Å². The summed E-state index contributed by atoms with van der Waals surface area (Å²) in [5.41, 5.74) is 3.73. The summed E-state index contributed by atoms with van der Waals surface area (Å²) in [7, 11) is 0. The average Bonchev–Trinajstić information content (AvgIpc) is 3.29. The molecule has 4 heteroatoms. The molecule has 2 atom stereocenters. The number of hydrogen-bond donors (Lipinski definition) is 1.